The Hall–Kier alpha value is -0.530. The zero-order chi connectivity index (χ0) is 7.23. The zero-order valence-electron chi connectivity index (χ0n) is 6.55. The Kier molecular flexibility index (Phi) is 3.27. The van der Waals surface area contributed by atoms with E-state index in [0.717, 1.165) is 0 Å². The molecule has 1 aliphatic rings. The maximum atomic E-state index is 5.20. The van der Waals surface area contributed by atoms with Crippen LogP contribution in [0.15, 0.2) is 5.16 Å². The minimum Gasteiger partial charge on any atom is -0.393 e. The van der Waals surface area contributed by atoms with Crippen molar-refractivity contribution in [3.63, 3.8) is 0 Å². The summed E-state index contributed by atoms with van der Waals surface area (Å²) in [4.78, 5) is 5.20. The number of hydrogen-bond donors (Lipinski definition) is 0. The molecular formula is C8H15NO. The molecule has 0 spiro atoms. The van der Waals surface area contributed by atoms with Gasteiger partial charge < -0.3 is 4.84 Å². The lowest BCUT2D eigenvalue weighted by Gasteiger charge is -2.18. The number of hydrogen-bond acceptors (Lipinski definition) is 2. The molecule has 1 aliphatic carbocycles. The molecule has 0 unspecified atom stereocenters. The van der Waals surface area contributed by atoms with Crippen LogP contribution in [0.4, 0.5) is 0 Å². The molecule has 2 heteroatoms. The normalized spacial score (nSPS) is 21.7. The molecule has 1 rings (SSSR count). The predicted molar refractivity (Wildman–Crippen MR) is 42.1 cm³/mol. The summed E-state index contributed by atoms with van der Waals surface area (Å²) >= 11 is 0. The van der Waals surface area contributed by atoms with Crippen LogP contribution in [-0.4, -0.2) is 12.3 Å². The van der Waals surface area contributed by atoms with Crippen LogP contribution in [0, 0.1) is 0 Å². The van der Waals surface area contributed by atoms with Gasteiger partial charge in [-0.1, -0.05) is 11.6 Å². The van der Waals surface area contributed by atoms with Gasteiger partial charge in [0.15, 0.2) is 0 Å². The van der Waals surface area contributed by atoms with Crippen molar-refractivity contribution < 1.29 is 4.84 Å². The maximum Gasteiger partial charge on any atom is 0.127 e. The fourth-order valence-corrected chi connectivity index (χ4v) is 1.32. The monoisotopic (exact) mass is 141 g/mol. The molecule has 0 aromatic carbocycles. The average molecular weight is 141 g/mol. The second-order valence-corrected chi connectivity index (χ2v) is 2.73. The van der Waals surface area contributed by atoms with Gasteiger partial charge in [0.2, 0.25) is 0 Å². The molecule has 0 heterocycles. The van der Waals surface area contributed by atoms with Crippen molar-refractivity contribution in [1.29, 1.82) is 0 Å². The molecule has 0 amide bonds. The fourth-order valence-electron chi connectivity index (χ4n) is 1.32. The highest BCUT2D eigenvalue weighted by atomic mass is 16.6. The molecule has 58 valence electrons. The Morgan fingerprint density at radius 3 is 2.60 bits per heavy atom. The lowest BCUT2D eigenvalue weighted by atomic mass is 9.98. The zero-order valence-corrected chi connectivity index (χ0v) is 6.55. The predicted octanol–water partition coefficient (Wildman–Crippen LogP) is 2.34. The summed E-state index contributed by atoms with van der Waals surface area (Å²) in [5.41, 5.74) is 0. The van der Waals surface area contributed by atoms with Crippen LogP contribution in [0.2, 0.25) is 0 Å². The van der Waals surface area contributed by atoms with Gasteiger partial charge in [-0.05, 0) is 32.6 Å². The Morgan fingerprint density at radius 2 is 2.00 bits per heavy atom. The molecule has 2 nitrogen and oxygen atoms in total. The van der Waals surface area contributed by atoms with Gasteiger partial charge in [0, 0.05) is 6.21 Å². The first-order valence-electron chi connectivity index (χ1n) is 4.07. The minimum atomic E-state index is 0.407. The fraction of sp³-hybridized carbons (Fsp3) is 0.875. The summed E-state index contributed by atoms with van der Waals surface area (Å²) in [6.07, 6.45) is 8.48. The van der Waals surface area contributed by atoms with Gasteiger partial charge >= 0.3 is 0 Å². The first-order valence-corrected chi connectivity index (χ1v) is 4.07. The van der Waals surface area contributed by atoms with Gasteiger partial charge in [0.1, 0.15) is 6.10 Å². The van der Waals surface area contributed by atoms with E-state index in [1.165, 1.54) is 32.1 Å². The number of nitrogens with zero attached hydrogens (tertiary/aromatic N) is 1. The van der Waals surface area contributed by atoms with Crippen molar-refractivity contribution in [1.82, 2.24) is 0 Å². The van der Waals surface area contributed by atoms with E-state index < -0.39 is 0 Å². The lowest BCUT2D eigenvalue weighted by molar-refractivity contribution is 0.0338. The smallest absolute Gasteiger partial charge is 0.127 e. The van der Waals surface area contributed by atoms with Gasteiger partial charge in [-0.2, -0.15) is 0 Å². The summed E-state index contributed by atoms with van der Waals surface area (Å²) in [7, 11) is 0. The molecule has 0 saturated heterocycles. The van der Waals surface area contributed by atoms with E-state index >= 15 is 0 Å². The summed E-state index contributed by atoms with van der Waals surface area (Å²) in [5, 5.41) is 3.77. The molecule has 0 aliphatic heterocycles. The molecular weight excluding hydrogens is 126 g/mol. The van der Waals surface area contributed by atoms with Gasteiger partial charge in [0.05, 0.1) is 0 Å². The van der Waals surface area contributed by atoms with Gasteiger partial charge in [-0.25, -0.2) is 0 Å². The molecule has 0 N–H and O–H groups in total. The van der Waals surface area contributed by atoms with E-state index in [2.05, 4.69) is 5.16 Å². The molecule has 10 heavy (non-hydrogen) atoms. The van der Waals surface area contributed by atoms with Crippen LogP contribution < -0.4 is 0 Å². The molecule has 0 aromatic rings. The molecule has 0 bridgehead atoms. The van der Waals surface area contributed by atoms with Crippen LogP contribution in [0.25, 0.3) is 0 Å². The highest BCUT2D eigenvalue weighted by Crippen LogP contribution is 2.19. The Balaban J connectivity index is 2.13. The second kappa shape index (κ2) is 4.31. The van der Waals surface area contributed by atoms with Crippen molar-refractivity contribution in [2.45, 2.75) is 45.1 Å². The van der Waals surface area contributed by atoms with Crippen molar-refractivity contribution in [3.05, 3.63) is 0 Å². The molecule has 0 radical (unpaired) electrons. The largest absolute Gasteiger partial charge is 0.393 e. The maximum absolute atomic E-state index is 5.20. The Labute approximate surface area is 62.3 Å². The standard InChI is InChI=1S/C8H15NO/c1-2-9-10-8-6-4-3-5-7-8/h2,8H,3-7H2,1H3/b9-2-. The van der Waals surface area contributed by atoms with E-state index in [1.54, 1.807) is 6.21 Å². The lowest BCUT2D eigenvalue weighted by Crippen LogP contribution is -2.13. The Morgan fingerprint density at radius 1 is 1.30 bits per heavy atom. The summed E-state index contributed by atoms with van der Waals surface area (Å²) in [6, 6.07) is 0. The first kappa shape index (κ1) is 7.58. The average Bonchev–Trinajstić information content (AvgIpc) is 2.03. The first-order chi connectivity index (χ1) is 4.93. The highest BCUT2D eigenvalue weighted by Gasteiger charge is 2.13. The summed E-state index contributed by atoms with van der Waals surface area (Å²) in [5.74, 6) is 0. The van der Waals surface area contributed by atoms with Crippen LogP contribution in [0.1, 0.15) is 39.0 Å². The van der Waals surface area contributed by atoms with Crippen molar-refractivity contribution in [2.24, 2.45) is 5.16 Å². The van der Waals surface area contributed by atoms with Crippen LogP contribution in [0.5, 0.6) is 0 Å². The molecule has 0 aromatic heterocycles. The third-order valence-corrected chi connectivity index (χ3v) is 1.87. The highest BCUT2D eigenvalue weighted by molar-refractivity contribution is 5.52. The Bertz CT molecular complexity index is 106. The van der Waals surface area contributed by atoms with E-state index in [0.29, 0.717) is 6.10 Å². The molecule has 1 saturated carbocycles. The van der Waals surface area contributed by atoms with Crippen LogP contribution >= 0.6 is 0 Å². The van der Waals surface area contributed by atoms with E-state index in [9.17, 15) is 0 Å². The minimum absolute atomic E-state index is 0.407. The van der Waals surface area contributed by atoms with Crippen molar-refractivity contribution in [3.8, 4) is 0 Å². The third kappa shape index (κ3) is 2.38. The van der Waals surface area contributed by atoms with Gasteiger partial charge in [-0.15, -0.1) is 0 Å². The molecule has 0 atom stereocenters. The van der Waals surface area contributed by atoms with E-state index in [4.69, 9.17) is 4.84 Å². The van der Waals surface area contributed by atoms with Gasteiger partial charge in [0.25, 0.3) is 0 Å². The summed E-state index contributed by atoms with van der Waals surface area (Å²) in [6.45, 7) is 1.88. The quantitative estimate of drug-likeness (QED) is 0.427. The van der Waals surface area contributed by atoms with Crippen molar-refractivity contribution in [2.75, 3.05) is 0 Å². The van der Waals surface area contributed by atoms with Crippen LogP contribution in [-0.2, 0) is 4.84 Å². The van der Waals surface area contributed by atoms with Crippen molar-refractivity contribution >= 4 is 6.21 Å². The number of oxime groups is 1. The second-order valence-electron chi connectivity index (χ2n) is 2.73. The van der Waals surface area contributed by atoms with Gasteiger partial charge in [-0.3, -0.25) is 0 Å². The topological polar surface area (TPSA) is 21.6 Å². The van der Waals surface area contributed by atoms with Crippen LogP contribution in [0.3, 0.4) is 0 Å². The SMILES string of the molecule is C/C=N\OC1CCCCC1. The summed E-state index contributed by atoms with van der Waals surface area (Å²) < 4.78 is 0. The third-order valence-electron chi connectivity index (χ3n) is 1.87. The van der Waals surface area contributed by atoms with E-state index in [-0.39, 0.29) is 0 Å². The van der Waals surface area contributed by atoms with E-state index in [1.807, 2.05) is 6.92 Å². The molecule has 1 fully saturated rings. The number of rotatable bonds is 2.